The van der Waals surface area contributed by atoms with E-state index < -0.39 is 0 Å². The molecule has 6 heteroatoms. The largest absolute Gasteiger partial charge is 0.372 e. The first kappa shape index (κ1) is 14.4. The van der Waals surface area contributed by atoms with Crippen molar-refractivity contribution in [2.45, 2.75) is 37.6 Å². The van der Waals surface area contributed by atoms with Crippen LogP contribution in [-0.2, 0) is 17.7 Å². The molecule has 0 saturated heterocycles. The summed E-state index contributed by atoms with van der Waals surface area (Å²) < 4.78 is 7.58. The van der Waals surface area contributed by atoms with Crippen LogP contribution in [0.1, 0.15) is 30.6 Å². The average molecular weight is 305 g/mol. The Labute approximate surface area is 127 Å². The molecule has 0 amide bonds. The van der Waals surface area contributed by atoms with Gasteiger partial charge in [0.05, 0.1) is 12.7 Å². The van der Waals surface area contributed by atoms with Crippen molar-refractivity contribution in [3.63, 3.8) is 0 Å². The molecular weight excluding hydrogens is 286 g/mol. The van der Waals surface area contributed by atoms with E-state index in [1.165, 1.54) is 11.1 Å². The van der Waals surface area contributed by atoms with E-state index in [-0.39, 0.29) is 11.8 Å². The molecule has 1 aromatic heterocycles. The maximum atomic E-state index is 11.7. The third kappa shape index (κ3) is 3.06. The number of nitrogens with one attached hydrogen (secondary N) is 1. The Balaban J connectivity index is 1.73. The van der Waals surface area contributed by atoms with Gasteiger partial charge in [-0.05, 0) is 24.0 Å². The Kier molecular flexibility index (Phi) is 4.45. The molecule has 2 heterocycles. The number of nitrogens with zero attached hydrogens (tertiary/aromatic N) is 2. The predicted molar refractivity (Wildman–Crippen MR) is 82.7 cm³/mol. The maximum absolute atomic E-state index is 11.7. The van der Waals surface area contributed by atoms with Crippen LogP contribution in [0.5, 0.6) is 0 Å². The van der Waals surface area contributed by atoms with E-state index in [9.17, 15) is 4.79 Å². The Morgan fingerprint density at radius 2 is 2.33 bits per heavy atom. The van der Waals surface area contributed by atoms with Crippen LogP contribution in [0.3, 0.4) is 0 Å². The molecule has 5 nitrogen and oxygen atoms in total. The van der Waals surface area contributed by atoms with Crippen LogP contribution in [0.15, 0.2) is 34.2 Å². The van der Waals surface area contributed by atoms with Gasteiger partial charge in [0.25, 0.3) is 0 Å². The third-order valence-corrected chi connectivity index (χ3v) is 4.67. The van der Waals surface area contributed by atoms with E-state index in [1.807, 2.05) is 13.0 Å². The number of thioether (sulfide) groups is 1. The van der Waals surface area contributed by atoms with Gasteiger partial charge >= 0.3 is 5.69 Å². The summed E-state index contributed by atoms with van der Waals surface area (Å²) in [7, 11) is 0. The van der Waals surface area contributed by atoms with E-state index in [1.54, 1.807) is 16.3 Å². The number of benzene rings is 1. The molecule has 3 rings (SSSR count). The van der Waals surface area contributed by atoms with Crippen molar-refractivity contribution in [3.8, 4) is 0 Å². The van der Waals surface area contributed by atoms with Crippen molar-refractivity contribution in [2.75, 3.05) is 12.4 Å². The molecule has 1 aromatic carbocycles. The molecule has 1 N–H and O–H groups in total. The highest BCUT2D eigenvalue weighted by Gasteiger charge is 2.21. The first-order valence-corrected chi connectivity index (χ1v) is 8.25. The van der Waals surface area contributed by atoms with Gasteiger partial charge in [0, 0.05) is 12.3 Å². The first-order chi connectivity index (χ1) is 10.3. The van der Waals surface area contributed by atoms with E-state index in [4.69, 9.17) is 4.74 Å². The maximum Gasteiger partial charge on any atom is 0.343 e. The lowest BCUT2D eigenvalue weighted by Crippen LogP contribution is -2.19. The molecule has 0 fully saturated rings. The Morgan fingerprint density at radius 3 is 3.19 bits per heavy atom. The van der Waals surface area contributed by atoms with E-state index in [2.05, 4.69) is 28.4 Å². The summed E-state index contributed by atoms with van der Waals surface area (Å²) in [5, 5.41) is 7.38. The fraction of sp³-hybridized carbons (Fsp3) is 0.467. The van der Waals surface area contributed by atoms with Gasteiger partial charge in [-0.2, -0.15) is 0 Å². The number of hydrogen-bond donors (Lipinski definition) is 1. The highest BCUT2D eigenvalue weighted by molar-refractivity contribution is 7.99. The molecule has 1 aliphatic heterocycles. The number of rotatable bonds is 5. The third-order valence-electron chi connectivity index (χ3n) is 3.63. The monoisotopic (exact) mass is 305 g/mol. The summed E-state index contributed by atoms with van der Waals surface area (Å²) in [6, 6.07) is 8.41. The summed E-state index contributed by atoms with van der Waals surface area (Å²) in [5.74, 6) is 0.769. The fourth-order valence-electron chi connectivity index (χ4n) is 2.60. The summed E-state index contributed by atoms with van der Waals surface area (Å²) >= 11 is 1.57. The fourth-order valence-corrected chi connectivity index (χ4v) is 3.62. The molecule has 1 atom stereocenters. The minimum absolute atomic E-state index is 0.0711. The second-order valence-corrected chi connectivity index (χ2v) is 6.07. The Bertz CT molecular complexity index is 665. The molecule has 2 aromatic rings. The topological polar surface area (TPSA) is 59.9 Å². The molecule has 0 unspecified atom stereocenters. The van der Waals surface area contributed by atoms with Crippen molar-refractivity contribution < 1.29 is 4.74 Å². The van der Waals surface area contributed by atoms with E-state index in [0.717, 1.165) is 30.4 Å². The van der Waals surface area contributed by atoms with Gasteiger partial charge in [0.15, 0.2) is 5.16 Å². The summed E-state index contributed by atoms with van der Waals surface area (Å²) in [6.07, 6.45) is 1.96. The molecular formula is C15H19N3O2S. The minimum Gasteiger partial charge on any atom is -0.372 e. The average Bonchev–Trinajstić information content (AvgIpc) is 2.86. The summed E-state index contributed by atoms with van der Waals surface area (Å²) in [5.41, 5.74) is 2.49. The molecule has 112 valence electrons. The zero-order valence-electron chi connectivity index (χ0n) is 12.0. The predicted octanol–water partition coefficient (Wildman–Crippen LogP) is 2.39. The van der Waals surface area contributed by atoms with Crippen LogP contribution in [-0.4, -0.2) is 27.1 Å². The van der Waals surface area contributed by atoms with Crippen molar-refractivity contribution >= 4 is 11.8 Å². The molecule has 0 aliphatic carbocycles. The van der Waals surface area contributed by atoms with E-state index in [0.29, 0.717) is 6.54 Å². The quantitative estimate of drug-likeness (QED) is 0.862. The Hall–Kier alpha value is -1.53. The van der Waals surface area contributed by atoms with Crippen LogP contribution < -0.4 is 5.69 Å². The van der Waals surface area contributed by atoms with Crippen molar-refractivity contribution in [2.24, 2.45) is 0 Å². The number of aromatic nitrogens is 3. The lowest BCUT2D eigenvalue weighted by molar-refractivity contribution is 0.0587. The molecule has 0 radical (unpaired) electrons. The van der Waals surface area contributed by atoms with Crippen molar-refractivity contribution in [1.29, 1.82) is 0 Å². The first-order valence-electron chi connectivity index (χ1n) is 7.27. The zero-order chi connectivity index (χ0) is 14.7. The summed E-state index contributed by atoms with van der Waals surface area (Å²) in [6.45, 7) is 3.50. The highest BCUT2D eigenvalue weighted by Crippen LogP contribution is 2.31. The molecule has 0 bridgehead atoms. The number of ether oxygens (including phenoxy) is 1. The summed E-state index contributed by atoms with van der Waals surface area (Å²) in [4.78, 5) is 11.7. The van der Waals surface area contributed by atoms with Crippen molar-refractivity contribution in [3.05, 3.63) is 45.9 Å². The van der Waals surface area contributed by atoms with Crippen LogP contribution in [0.25, 0.3) is 0 Å². The minimum atomic E-state index is -0.135. The van der Waals surface area contributed by atoms with Crippen LogP contribution in [0, 0.1) is 0 Å². The van der Waals surface area contributed by atoms with E-state index >= 15 is 0 Å². The standard InChI is InChI=1S/C15H19N3O2S/c1-2-8-18-14(19)16-17-15(18)21-10-13-12-6-4-3-5-11(12)7-9-20-13/h3-6,13H,2,7-10H2,1H3,(H,16,19)/t13-/m1/s1. The lowest BCUT2D eigenvalue weighted by atomic mass is 9.99. The van der Waals surface area contributed by atoms with Gasteiger partial charge in [0.1, 0.15) is 0 Å². The molecule has 0 spiro atoms. The van der Waals surface area contributed by atoms with Gasteiger partial charge in [-0.15, -0.1) is 5.10 Å². The molecule has 21 heavy (non-hydrogen) atoms. The second kappa shape index (κ2) is 6.49. The zero-order valence-corrected chi connectivity index (χ0v) is 12.9. The van der Waals surface area contributed by atoms with Crippen LogP contribution in [0.4, 0.5) is 0 Å². The number of fused-ring (bicyclic) bond motifs is 1. The number of hydrogen-bond acceptors (Lipinski definition) is 4. The van der Waals surface area contributed by atoms with Gasteiger partial charge in [-0.25, -0.2) is 9.89 Å². The van der Waals surface area contributed by atoms with Crippen molar-refractivity contribution in [1.82, 2.24) is 14.8 Å². The highest BCUT2D eigenvalue weighted by atomic mass is 32.2. The number of aromatic amines is 1. The lowest BCUT2D eigenvalue weighted by Gasteiger charge is -2.25. The number of H-pyrrole nitrogens is 1. The van der Waals surface area contributed by atoms with Gasteiger partial charge in [-0.3, -0.25) is 4.57 Å². The van der Waals surface area contributed by atoms with Gasteiger partial charge in [-0.1, -0.05) is 43.0 Å². The van der Waals surface area contributed by atoms with Crippen LogP contribution in [0.2, 0.25) is 0 Å². The smallest absolute Gasteiger partial charge is 0.343 e. The van der Waals surface area contributed by atoms with Gasteiger partial charge in [0.2, 0.25) is 0 Å². The van der Waals surface area contributed by atoms with Crippen LogP contribution >= 0.6 is 11.8 Å². The SMILES string of the molecule is CCCn1c(SC[C@H]2OCCc3ccccc32)n[nH]c1=O. The normalized spacial score (nSPS) is 17.7. The molecule has 1 aliphatic rings. The Morgan fingerprint density at radius 1 is 1.48 bits per heavy atom. The van der Waals surface area contributed by atoms with Gasteiger partial charge < -0.3 is 4.74 Å². The molecule has 0 saturated carbocycles. The second-order valence-electron chi connectivity index (χ2n) is 5.08.